The minimum Gasteiger partial charge on any atom is -0.476 e. The molecular formula is C22H13Cl3N2O3. The average Bonchev–Trinajstić information content (AvgIpc) is 3.16. The molecular weight excluding hydrogens is 447 g/mol. The molecule has 30 heavy (non-hydrogen) atoms. The number of benzene rings is 3. The molecule has 1 heterocycles. The zero-order chi connectivity index (χ0) is 21.3. The Kier molecular flexibility index (Phi) is 5.68. The first-order chi connectivity index (χ1) is 14.4. The number of carboxylic acids is 1. The van der Waals surface area contributed by atoms with Gasteiger partial charge >= 0.3 is 5.97 Å². The van der Waals surface area contributed by atoms with Crippen LogP contribution in [0.2, 0.25) is 15.1 Å². The summed E-state index contributed by atoms with van der Waals surface area (Å²) in [7, 11) is 0. The van der Waals surface area contributed by atoms with Crippen LogP contribution in [0.4, 0.5) is 0 Å². The summed E-state index contributed by atoms with van der Waals surface area (Å²) in [5.74, 6) is 0.0812. The van der Waals surface area contributed by atoms with Crippen molar-refractivity contribution < 1.29 is 14.6 Å². The van der Waals surface area contributed by atoms with Gasteiger partial charge in [0.15, 0.2) is 5.69 Å². The summed E-state index contributed by atoms with van der Waals surface area (Å²) < 4.78 is 7.33. The minimum atomic E-state index is -1.13. The highest BCUT2D eigenvalue weighted by atomic mass is 35.5. The molecule has 150 valence electrons. The third-order valence-electron chi connectivity index (χ3n) is 4.26. The molecule has 8 heteroatoms. The molecule has 0 atom stereocenters. The van der Waals surface area contributed by atoms with Crippen molar-refractivity contribution in [2.45, 2.75) is 0 Å². The lowest BCUT2D eigenvalue weighted by Gasteiger charge is -2.10. The first-order valence-corrected chi connectivity index (χ1v) is 9.87. The number of nitrogens with zero attached hydrogens (tertiary/aromatic N) is 2. The molecule has 0 amide bonds. The predicted octanol–water partition coefficient (Wildman–Crippen LogP) is 6.99. The van der Waals surface area contributed by atoms with Crippen LogP contribution in [0.25, 0.3) is 16.9 Å². The van der Waals surface area contributed by atoms with Gasteiger partial charge in [0.2, 0.25) is 0 Å². The Morgan fingerprint density at radius 3 is 2.30 bits per heavy atom. The molecule has 0 spiro atoms. The SMILES string of the molecule is O=C(O)c1cc(-c2ccc(Cl)c(Cl)c2)n(-c2ccc(Oc3cccc(Cl)c3)cc2)n1. The number of hydrogen-bond donors (Lipinski definition) is 1. The first kappa shape index (κ1) is 20.3. The van der Waals surface area contributed by atoms with E-state index in [0.717, 1.165) is 0 Å². The number of carbonyl (C=O) groups is 1. The van der Waals surface area contributed by atoms with E-state index >= 15 is 0 Å². The summed E-state index contributed by atoms with van der Waals surface area (Å²) in [5, 5.41) is 15.0. The lowest BCUT2D eigenvalue weighted by atomic mass is 10.1. The van der Waals surface area contributed by atoms with Crippen LogP contribution >= 0.6 is 34.8 Å². The first-order valence-electron chi connectivity index (χ1n) is 8.73. The van der Waals surface area contributed by atoms with E-state index in [9.17, 15) is 9.90 Å². The maximum Gasteiger partial charge on any atom is 0.356 e. The summed E-state index contributed by atoms with van der Waals surface area (Å²) in [5.41, 5.74) is 1.82. The predicted molar refractivity (Wildman–Crippen MR) is 118 cm³/mol. The highest BCUT2D eigenvalue weighted by Crippen LogP contribution is 2.31. The molecule has 0 aliphatic rings. The van der Waals surface area contributed by atoms with Gasteiger partial charge in [-0.25, -0.2) is 9.48 Å². The normalized spacial score (nSPS) is 10.8. The van der Waals surface area contributed by atoms with E-state index < -0.39 is 5.97 Å². The van der Waals surface area contributed by atoms with Crippen molar-refractivity contribution in [1.29, 1.82) is 0 Å². The van der Waals surface area contributed by atoms with Crippen LogP contribution in [-0.2, 0) is 0 Å². The van der Waals surface area contributed by atoms with Crippen molar-refractivity contribution in [3.8, 4) is 28.4 Å². The molecule has 4 rings (SSSR count). The van der Waals surface area contributed by atoms with E-state index in [4.69, 9.17) is 39.5 Å². The second kappa shape index (κ2) is 8.40. The molecule has 3 aromatic carbocycles. The molecule has 5 nitrogen and oxygen atoms in total. The topological polar surface area (TPSA) is 64.3 Å². The van der Waals surface area contributed by atoms with Crippen LogP contribution in [0, 0.1) is 0 Å². The fraction of sp³-hybridized carbons (Fsp3) is 0. The molecule has 1 aromatic heterocycles. The zero-order valence-corrected chi connectivity index (χ0v) is 17.5. The van der Waals surface area contributed by atoms with Crippen molar-refractivity contribution in [2.75, 3.05) is 0 Å². The zero-order valence-electron chi connectivity index (χ0n) is 15.2. The Bertz CT molecular complexity index is 1240. The van der Waals surface area contributed by atoms with E-state index in [0.29, 0.717) is 43.5 Å². The number of aromatic nitrogens is 2. The van der Waals surface area contributed by atoms with Crippen molar-refractivity contribution >= 4 is 40.8 Å². The van der Waals surface area contributed by atoms with E-state index in [1.165, 1.54) is 10.7 Å². The number of halogens is 3. The Labute approximate surface area is 187 Å². The number of hydrogen-bond acceptors (Lipinski definition) is 3. The lowest BCUT2D eigenvalue weighted by molar-refractivity contribution is 0.0690. The van der Waals surface area contributed by atoms with Crippen LogP contribution in [0.3, 0.4) is 0 Å². The molecule has 0 bridgehead atoms. The summed E-state index contributed by atoms with van der Waals surface area (Å²) in [6, 6.07) is 20.7. The van der Waals surface area contributed by atoms with Gasteiger partial charge in [0, 0.05) is 10.6 Å². The molecule has 0 aliphatic carbocycles. The molecule has 4 aromatic rings. The summed E-state index contributed by atoms with van der Waals surface area (Å²) >= 11 is 18.1. The molecule has 0 saturated heterocycles. The number of ether oxygens (including phenoxy) is 1. The monoisotopic (exact) mass is 458 g/mol. The van der Waals surface area contributed by atoms with Crippen molar-refractivity contribution in [3.63, 3.8) is 0 Å². The van der Waals surface area contributed by atoms with Crippen molar-refractivity contribution in [3.05, 3.63) is 93.6 Å². The van der Waals surface area contributed by atoms with Gasteiger partial charge in [-0.2, -0.15) is 5.10 Å². The van der Waals surface area contributed by atoms with E-state index in [2.05, 4.69) is 5.10 Å². The van der Waals surface area contributed by atoms with Gasteiger partial charge in [-0.05, 0) is 60.7 Å². The summed E-state index contributed by atoms with van der Waals surface area (Å²) in [4.78, 5) is 11.5. The molecule has 1 N–H and O–H groups in total. The molecule has 0 radical (unpaired) electrons. The summed E-state index contributed by atoms with van der Waals surface area (Å²) in [6.45, 7) is 0. The Morgan fingerprint density at radius 1 is 0.867 bits per heavy atom. The second-order valence-corrected chi connectivity index (χ2v) is 7.56. The number of rotatable bonds is 5. The van der Waals surface area contributed by atoms with Gasteiger partial charge in [-0.15, -0.1) is 0 Å². The van der Waals surface area contributed by atoms with Gasteiger partial charge < -0.3 is 9.84 Å². The second-order valence-electron chi connectivity index (χ2n) is 6.31. The van der Waals surface area contributed by atoms with E-state index in [-0.39, 0.29) is 5.69 Å². The number of aromatic carboxylic acids is 1. The molecule has 0 unspecified atom stereocenters. The van der Waals surface area contributed by atoms with Gasteiger partial charge in [0.05, 0.1) is 21.4 Å². The molecule has 0 fully saturated rings. The lowest BCUT2D eigenvalue weighted by Crippen LogP contribution is -2.02. The maximum atomic E-state index is 11.5. The third kappa shape index (κ3) is 4.28. The average molecular weight is 460 g/mol. The van der Waals surface area contributed by atoms with Gasteiger partial charge in [0.25, 0.3) is 0 Å². The minimum absolute atomic E-state index is 0.0877. The Morgan fingerprint density at radius 2 is 1.63 bits per heavy atom. The van der Waals surface area contributed by atoms with Crippen LogP contribution in [0.5, 0.6) is 11.5 Å². The van der Waals surface area contributed by atoms with Crippen molar-refractivity contribution in [2.24, 2.45) is 0 Å². The fourth-order valence-electron chi connectivity index (χ4n) is 2.87. The van der Waals surface area contributed by atoms with Crippen molar-refractivity contribution in [1.82, 2.24) is 9.78 Å². The largest absolute Gasteiger partial charge is 0.476 e. The summed E-state index contributed by atoms with van der Waals surface area (Å²) in [6.07, 6.45) is 0. The Hall–Kier alpha value is -2.99. The van der Waals surface area contributed by atoms with E-state index in [1.807, 2.05) is 0 Å². The standard InChI is InChI=1S/C22H13Cl3N2O3/c23-14-2-1-3-17(11-14)30-16-7-5-15(6-8-16)27-21(12-20(26-27)22(28)29)13-4-9-18(24)19(25)10-13/h1-12H,(H,28,29). The molecule has 0 saturated carbocycles. The van der Waals surface area contributed by atoms with Gasteiger partial charge in [-0.1, -0.05) is 46.9 Å². The highest BCUT2D eigenvalue weighted by Gasteiger charge is 2.17. The fourth-order valence-corrected chi connectivity index (χ4v) is 3.34. The van der Waals surface area contributed by atoms with Crippen LogP contribution < -0.4 is 4.74 Å². The van der Waals surface area contributed by atoms with Crippen LogP contribution in [0.15, 0.2) is 72.8 Å². The molecule has 0 aliphatic heterocycles. The Balaban J connectivity index is 1.70. The van der Waals surface area contributed by atoms with Crippen LogP contribution in [0.1, 0.15) is 10.5 Å². The third-order valence-corrected chi connectivity index (χ3v) is 5.23. The van der Waals surface area contributed by atoms with Gasteiger partial charge in [-0.3, -0.25) is 0 Å². The van der Waals surface area contributed by atoms with Crippen LogP contribution in [-0.4, -0.2) is 20.9 Å². The van der Waals surface area contributed by atoms with E-state index in [1.54, 1.807) is 66.7 Å². The maximum absolute atomic E-state index is 11.5. The smallest absolute Gasteiger partial charge is 0.356 e. The number of carboxylic acid groups (broad SMARTS) is 1. The quantitative estimate of drug-likeness (QED) is 0.349. The highest BCUT2D eigenvalue weighted by molar-refractivity contribution is 6.42. The van der Waals surface area contributed by atoms with Gasteiger partial charge in [0.1, 0.15) is 11.5 Å².